The van der Waals surface area contributed by atoms with Gasteiger partial charge in [0.05, 0.1) is 18.8 Å². The fourth-order valence-electron chi connectivity index (χ4n) is 1.98. The van der Waals surface area contributed by atoms with Gasteiger partial charge in [-0.15, -0.1) is 0 Å². The quantitative estimate of drug-likeness (QED) is 0.433. The molecular formula is C15H17F3N4O2. The van der Waals surface area contributed by atoms with Crippen LogP contribution in [-0.2, 0) is 15.7 Å². The van der Waals surface area contributed by atoms with E-state index in [1.165, 1.54) is 12.1 Å². The van der Waals surface area contributed by atoms with Crippen LogP contribution in [0.1, 0.15) is 12.0 Å². The Kier molecular flexibility index (Phi) is 5.80. The summed E-state index contributed by atoms with van der Waals surface area (Å²) in [4.78, 5) is 11.7. The number of carbonyl (C=O) groups excluding carboxylic acids is 1. The summed E-state index contributed by atoms with van der Waals surface area (Å²) in [6, 6.07) is 4.17. The second kappa shape index (κ2) is 7.82. The molecule has 2 rings (SSSR count). The predicted octanol–water partition coefficient (Wildman–Crippen LogP) is 1.85. The minimum Gasteiger partial charge on any atom is -0.382 e. The molecule has 1 heterocycles. The van der Waals surface area contributed by atoms with Gasteiger partial charge in [0.25, 0.3) is 0 Å². The van der Waals surface area contributed by atoms with Crippen molar-refractivity contribution < 1.29 is 22.7 Å². The number of amides is 1. The van der Waals surface area contributed by atoms with Crippen molar-refractivity contribution >= 4 is 17.4 Å². The Morgan fingerprint density at radius 2 is 2.00 bits per heavy atom. The standard InChI is InChI=1S/C15H17F3N4O2/c16-15(17,18)11-1-3-12(4-2-11)21-13(23)9-20-22-14(19)10-5-7-24-8-6-10/h1-5,20H,6-9H2,(H2,19,22)(H,21,23). The molecule has 0 bridgehead atoms. The first-order valence-corrected chi connectivity index (χ1v) is 7.16. The van der Waals surface area contributed by atoms with Crippen LogP contribution in [0.25, 0.3) is 0 Å². The zero-order valence-electron chi connectivity index (χ0n) is 12.7. The molecule has 4 N–H and O–H groups in total. The van der Waals surface area contributed by atoms with Gasteiger partial charge in [0.1, 0.15) is 12.4 Å². The van der Waals surface area contributed by atoms with E-state index < -0.39 is 17.6 Å². The van der Waals surface area contributed by atoms with E-state index in [4.69, 9.17) is 10.5 Å². The maximum Gasteiger partial charge on any atom is 0.416 e. The molecule has 1 aromatic carbocycles. The maximum atomic E-state index is 12.4. The van der Waals surface area contributed by atoms with Crippen molar-refractivity contribution in [2.24, 2.45) is 10.8 Å². The topological polar surface area (TPSA) is 88.7 Å². The summed E-state index contributed by atoms with van der Waals surface area (Å²) in [5.41, 5.74) is 8.63. The van der Waals surface area contributed by atoms with Gasteiger partial charge in [-0.05, 0) is 36.3 Å². The molecule has 0 fully saturated rings. The number of hydrazone groups is 1. The lowest BCUT2D eigenvalue weighted by atomic mass is 10.1. The molecule has 1 aromatic rings. The summed E-state index contributed by atoms with van der Waals surface area (Å²) < 4.78 is 42.5. The highest BCUT2D eigenvalue weighted by atomic mass is 19.4. The number of nitrogens with zero attached hydrogens (tertiary/aromatic N) is 1. The van der Waals surface area contributed by atoms with Crippen LogP contribution in [0.4, 0.5) is 18.9 Å². The number of benzene rings is 1. The van der Waals surface area contributed by atoms with Gasteiger partial charge in [-0.25, -0.2) is 0 Å². The van der Waals surface area contributed by atoms with Crippen molar-refractivity contribution in [1.29, 1.82) is 0 Å². The molecule has 0 aliphatic carbocycles. The molecule has 130 valence electrons. The van der Waals surface area contributed by atoms with Crippen LogP contribution in [0.2, 0.25) is 0 Å². The average molecular weight is 342 g/mol. The number of hydrogen-bond acceptors (Lipinski definition) is 4. The molecule has 0 saturated heterocycles. The fourth-order valence-corrected chi connectivity index (χ4v) is 1.98. The minimum atomic E-state index is -4.41. The van der Waals surface area contributed by atoms with Gasteiger partial charge < -0.3 is 15.8 Å². The van der Waals surface area contributed by atoms with Gasteiger partial charge in [-0.1, -0.05) is 6.08 Å². The van der Waals surface area contributed by atoms with Crippen LogP contribution in [0.3, 0.4) is 0 Å². The number of amidine groups is 1. The van der Waals surface area contributed by atoms with E-state index in [9.17, 15) is 18.0 Å². The van der Waals surface area contributed by atoms with Crippen LogP contribution in [0.5, 0.6) is 0 Å². The molecule has 0 saturated carbocycles. The molecule has 9 heteroatoms. The smallest absolute Gasteiger partial charge is 0.382 e. The molecule has 0 atom stereocenters. The van der Waals surface area contributed by atoms with Crippen molar-refractivity contribution in [1.82, 2.24) is 5.43 Å². The summed E-state index contributed by atoms with van der Waals surface area (Å²) in [6.45, 7) is 0.877. The first-order valence-electron chi connectivity index (χ1n) is 7.16. The van der Waals surface area contributed by atoms with Crippen molar-refractivity contribution in [3.8, 4) is 0 Å². The number of carbonyl (C=O) groups is 1. The molecule has 6 nitrogen and oxygen atoms in total. The number of anilines is 1. The molecule has 0 spiro atoms. The zero-order chi connectivity index (χ0) is 17.6. The van der Waals surface area contributed by atoms with Crippen molar-refractivity contribution in [3.63, 3.8) is 0 Å². The monoisotopic (exact) mass is 342 g/mol. The second-order valence-electron chi connectivity index (χ2n) is 5.01. The number of nitrogens with two attached hydrogens (primary N) is 1. The van der Waals surface area contributed by atoms with Crippen LogP contribution < -0.4 is 16.5 Å². The lowest BCUT2D eigenvalue weighted by Crippen LogP contribution is -2.28. The number of halogens is 3. The van der Waals surface area contributed by atoms with Gasteiger partial charge >= 0.3 is 6.18 Å². The van der Waals surface area contributed by atoms with Gasteiger partial charge in [0.15, 0.2) is 0 Å². The van der Waals surface area contributed by atoms with E-state index >= 15 is 0 Å². The number of alkyl halides is 3. The lowest BCUT2D eigenvalue weighted by molar-refractivity contribution is -0.137. The summed E-state index contributed by atoms with van der Waals surface area (Å²) in [5.74, 6) is -0.173. The van der Waals surface area contributed by atoms with Crippen LogP contribution >= 0.6 is 0 Å². The van der Waals surface area contributed by atoms with E-state index in [0.29, 0.717) is 19.6 Å². The normalized spacial score (nSPS) is 15.6. The van der Waals surface area contributed by atoms with Crippen LogP contribution in [0, 0.1) is 0 Å². The van der Waals surface area contributed by atoms with Gasteiger partial charge in [0, 0.05) is 5.69 Å². The van der Waals surface area contributed by atoms with Gasteiger partial charge in [-0.2, -0.15) is 18.3 Å². The molecule has 1 aliphatic rings. The highest BCUT2D eigenvalue weighted by Crippen LogP contribution is 2.29. The summed E-state index contributed by atoms with van der Waals surface area (Å²) in [7, 11) is 0. The minimum absolute atomic E-state index is 0.161. The molecule has 1 aliphatic heterocycles. The Hall–Kier alpha value is -2.55. The van der Waals surface area contributed by atoms with Crippen molar-refractivity contribution in [2.75, 3.05) is 25.1 Å². The summed E-state index contributed by atoms with van der Waals surface area (Å²) >= 11 is 0. The molecule has 24 heavy (non-hydrogen) atoms. The molecule has 0 radical (unpaired) electrons. The average Bonchev–Trinajstić information content (AvgIpc) is 2.55. The molecule has 0 aromatic heterocycles. The third kappa shape index (κ3) is 5.27. The SMILES string of the molecule is N/C(=N\NCC(=O)Nc1ccc(C(F)(F)F)cc1)C1=CCOCC1. The van der Waals surface area contributed by atoms with E-state index in [1.54, 1.807) is 0 Å². The maximum absolute atomic E-state index is 12.4. The Morgan fingerprint density at radius 3 is 2.58 bits per heavy atom. The molecule has 0 unspecified atom stereocenters. The number of hydrogen-bond donors (Lipinski definition) is 3. The third-order valence-corrected chi connectivity index (χ3v) is 3.23. The number of ether oxygens (including phenoxy) is 1. The molecular weight excluding hydrogens is 325 g/mol. The van der Waals surface area contributed by atoms with Crippen molar-refractivity contribution in [3.05, 3.63) is 41.5 Å². The molecule has 1 amide bonds. The summed E-state index contributed by atoms with van der Waals surface area (Å²) in [6.07, 6.45) is -1.95. The predicted molar refractivity (Wildman–Crippen MR) is 83.2 cm³/mol. The largest absolute Gasteiger partial charge is 0.416 e. The highest BCUT2D eigenvalue weighted by Gasteiger charge is 2.29. The second-order valence-corrected chi connectivity index (χ2v) is 5.01. The van der Waals surface area contributed by atoms with Gasteiger partial charge in [0.2, 0.25) is 5.91 Å². The first kappa shape index (κ1) is 17.8. The van der Waals surface area contributed by atoms with Crippen molar-refractivity contribution in [2.45, 2.75) is 12.6 Å². The number of nitrogens with one attached hydrogen (secondary N) is 2. The Balaban J connectivity index is 1.82. The fraction of sp³-hybridized carbons (Fsp3) is 0.333. The first-order chi connectivity index (χ1) is 11.4. The van der Waals surface area contributed by atoms with Crippen LogP contribution in [0.15, 0.2) is 41.0 Å². The van der Waals surface area contributed by atoms with Crippen LogP contribution in [-0.4, -0.2) is 31.5 Å². The lowest BCUT2D eigenvalue weighted by Gasteiger charge is -2.13. The Labute approximate surface area is 136 Å². The summed E-state index contributed by atoms with van der Waals surface area (Å²) in [5, 5.41) is 6.35. The third-order valence-electron chi connectivity index (χ3n) is 3.23. The van der Waals surface area contributed by atoms with E-state index in [0.717, 1.165) is 17.7 Å². The van der Waals surface area contributed by atoms with Gasteiger partial charge in [-0.3, -0.25) is 10.2 Å². The van der Waals surface area contributed by atoms with E-state index in [-0.39, 0.29) is 18.1 Å². The van der Waals surface area contributed by atoms with E-state index in [2.05, 4.69) is 15.8 Å². The number of rotatable bonds is 5. The Bertz CT molecular complexity index is 639. The zero-order valence-corrected chi connectivity index (χ0v) is 12.7. The highest BCUT2D eigenvalue weighted by molar-refractivity contribution is 5.97. The van der Waals surface area contributed by atoms with E-state index in [1.807, 2.05) is 6.08 Å². The Morgan fingerprint density at radius 1 is 1.29 bits per heavy atom.